The molecule has 172 valence electrons. The van der Waals surface area contributed by atoms with Crippen LogP contribution in [0.1, 0.15) is 17.2 Å². The number of aromatic nitrogens is 2. The summed E-state index contributed by atoms with van der Waals surface area (Å²) in [4.78, 5) is 17.3. The molecule has 34 heavy (non-hydrogen) atoms. The van der Waals surface area contributed by atoms with Gasteiger partial charge in [-0.3, -0.25) is 14.9 Å². The zero-order valence-corrected chi connectivity index (χ0v) is 19.3. The van der Waals surface area contributed by atoms with E-state index in [1.807, 2.05) is 48.3 Å². The molecule has 0 saturated carbocycles. The monoisotopic (exact) mass is 451 g/mol. The summed E-state index contributed by atoms with van der Waals surface area (Å²) in [5, 5.41) is 7.48. The van der Waals surface area contributed by atoms with Crippen molar-refractivity contribution in [1.82, 2.24) is 19.6 Å². The van der Waals surface area contributed by atoms with Gasteiger partial charge in [-0.05, 0) is 16.7 Å². The maximum absolute atomic E-state index is 13.0. The van der Waals surface area contributed by atoms with Crippen molar-refractivity contribution < 1.29 is 4.79 Å². The van der Waals surface area contributed by atoms with E-state index in [9.17, 15) is 4.79 Å². The summed E-state index contributed by atoms with van der Waals surface area (Å²) in [6.07, 6.45) is 0. The summed E-state index contributed by atoms with van der Waals surface area (Å²) in [6.45, 7) is 2.94. The molecule has 0 atom stereocenters. The second-order valence-electron chi connectivity index (χ2n) is 8.58. The number of carbonyl (C=O) groups excluding carboxylic acids is 1. The number of hydrogen-bond donors (Lipinski definition) is 1. The molecule has 1 aromatic heterocycles. The van der Waals surface area contributed by atoms with Gasteiger partial charge < -0.3 is 4.90 Å². The fourth-order valence-electron chi connectivity index (χ4n) is 4.66. The molecule has 4 aromatic rings. The van der Waals surface area contributed by atoms with E-state index in [0.717, 1.165) is 24.3 Å². The molecule has 0 aliphatic carbocycles. The summed E-state index contributed by atoms with van der Waals surface area (Å²) in [7, 11) is 1.89. The first-order chi connectivity index (χ1) is 16.7. The van der Waals surface area contributed by atoms with E-state index in [0.29, 0.717) is 18.9 Å². The summed E-state index contributed by atoms with van der Waals surface area (Å²) >= 11 is 0. The van der Waals surface area contributed by atoms with Crippen molar-refractivity contribution in [3.63, 3.8) is 0 Å². The van der Waals surface area contributed by atoms with E-state index in [1.165, 1.54) is 11.1 Å². The normalized spacial score (nSPS) is 14.4. The molecule has 6 nitrogen and oxygen atoms in total. The topological polar surface area (TPSA) is 53.4 Å². The summed E-state index contributed by atoms with van der Waals surface area (Å²) in [6, 6.07) is 33.2. The van der Waals surface area contributed by atoms with Crippen molar-refractivity contribution in [2.75, 3.05) is 31.5 Å². The number of anilines is 1. The molecule has 0 radical (unpaired) electrons. The van der Waals surface area contributed by atoms with Crippen LogP contribution in [0.15, 0.2) is 97.1 Å². The van der Waals surface area contributed by atoms with Crippen molar-refractivity contribution in [2.24, 2.45) is 7.05 Å². The van der Waals surface area contributed by atoms with Crippen LogP contribution in [-0.4, -0.2) is 51.8 Å². The highest BCUT2D eigenvalue weighted by atomic mass is 16.2. The number of nitrogens with zero attached hydrogens (tertiary/aromatic N) is 4. The number of urea groups is 1. The average Bonchev–Trinajstić information content (AvgIpc) is 3.26. The lowest BCUT2D eigenvalue weighted by molar-refractivity contribution is 0.126. The minimum Gasteiger partial charge on any atom is -0.322 e. The van der Waals surface area contributed by atoms with E-state index in [4.69, 9.17) is 0 Å². The number of carbonyl (C=O) groups is 1. The van der Waals surface area contributed by atoms with Gasteiger partial charge >= 0.3 is 6.03 Å². The molecule has 1 aliphatic rings. The second kappa shape index (κ2) is 9.93. The first-order valence-corrected chi connectivity index (χ1v) is 11.7. The van der Waals surface area contributed by atoms with Crippen LogP contribution < -0.4 is 5.32 Å². The zero-order valence-electron chi connectivity index (χ0n) is 19.3. The van der Waals surface area contributed by atoms with Crippen molar-refractivity contribution >= 4 is 11.8 Å². The SMILES string of the molecule is Cn1nc(NC(=O)N2CCN(C(c3ccccc3)c3ccccc3)CC2)cc1-c1ccccc1. The first kappa shape index (κ1) is 21.9. The number of nitrogens with one attached hydrogen (secondary N) is 1. The van der Waals surface area contributed by atoms with Crippen molar-refractivity contribution in [1.29, 1.82) is 0 Å². The van der Waals surface area contributed by atoms with Crippen LogP contribution in [0.25, 0.3) is 11.3 Å². The molecule has 0 unspecified atom stereocenters. The number of hydrogen-bond acceptors (Lipinski definition) is 3. The summed E-state index contributed by atoms with van der Waals surface area (Å²) < 4.78 is 1.80. The average molecular weight is 452 g/mol. The Morgan fingerprint density at radius 1 is 0.794 bits per heavy atom. The van der Waals surface area contributed by atoms with Crippen molar-refractivity contribution in [3.8, 4) is 11.3 Å². The molecule has 1 aliphatic heterocycles. The number of amides is 2. The van der Waals surface area contributed by atoms with E-state index < -0.39 is 0 Å². The van der Waals surface area contributed by atoms with Gasteiger partial charge in [0.05, 0.1) is 11.7 Å². The Morgan fingerprint density at radius 2 is 1.32 bits per heavy atom. The van der Waals surface area contributed by atoms with Crippen LogP contribution in [-0.2, 0) is 7.05 Å². The van der Waals surface area contributed by atoms with Crippen molar-refractivity contribution in [2.45, 2.75) is 6.04 Å². The van der Waals surface area contributed by atoms with Gasteiger partial charge in [-0.25, -0.2) is 4.79 Å². The zero-order chi connectivity index (χ0) is 23.3. The predicted octanol–water partition coefficient (Wildman–Crippen LogP) is 5.03. The maximum atomic E-state index is 13.0. The Labute approximate surface area is 200 Å². The quantitative estimate of drug-likeness (QED) is 0.463. The lowest BCUT2D eigenvalue weighted by Gasteiger charge is -2.39. The van der Waals surface area contributed by atoms with Gasteiger partial charge in [-0.2, -0.15) is 5.10 Å². The third-order valence-electron chi connectivity index (χ3n) is 6.38. The highest BCUT2D eigenvalue weighted by Gasteiger charge is 2.28. The second-order valence-corrected chi connectivity index (χ2v) is 8.58. The summed E-state index contributed by atoms with van der Waals surface area (Å²) in [5.41, 5.74) is 4.58. The van der Waals surface area contributed by atoms with E-state index in [-0.39, 0.29) is 12.1 Å². The van der Waals surface area contributed by atoms with Crippen LogP contribution in [0.3, 0.4) is 0 Å². The Bertz CT molecular complexity index is 1180. The van der Waals surface area contributed by atoms with Gasteiger partial charge in [0.25, 0.3) is 0 Å². The minimum absolute atomic E-state index is 0.103. The molecular formula is C28H29N5O. The minimum atomic E-state index is -0.103. The molecule has 6 heteroatoms. The smallest absolute Gasteiger partial charge is 0.322 e. The van der Waals surface area contributed by atoms with Crippen LogP contribution in [0.4, 0.5) is 10.6 Å². The predicted molar refractivity (Wildman–Crippen MR) is 136 cm³/mol. The number of piperazine rings is 1. The van der Waals surface area contributed by atoms with Crippen molar-refractivity contribution in [3.05, 3.63) is 108 Å². The third kappa shape index (κ3) is 4.72. The molecule has 1 saturated heterocycles. The lowest BCUT2D eigenvalue weighted by atomic mass is 9.96. The fourth-order valence-corrected chi connectivity index (χ4v) is 4.66. The Balaban J connectivity index is 1.25. The highest BCUT2D eigenvalue weighted by molar-refractivity contribution is 5.89. The molecule has 2 amide bonds. The molecule has 0 bridgehead atoms. The molecule has 3 aromatic carbocycles. The van der Waals surface area contributed by atoms with Crippen LogP contribution >= 0.6 is 0 Å². The number of aryl methyl sites for hydroxylation is 1. The van der Waals surface area contributed by atoms with Gasteiger partial charge in [0.1, 0.15) is 0 Å². The lowest BCUT2D eigenvalue weighted by Crippen LogP contribution is -2.51. The van der Waals surface area contributed by atoms with Gasteiger partial charge in [-0.15, -0.1) is 0 Å². The Hall–Kier alpha value is -3.90. The molecule has 1 N–H and O–H groups in total. The van der Waals surface area contributed by atoms with Gasteiger partial charge in [-0.1, -0.05) is 91.0 Å². The molecule has 0 spiro atoms. The fraction of sp³-hybridized carbons (Fsp3) is 0.214. The summed E-state index contributed by atoms with van der Waals surface area (Å²) in [5.74, 6) is 0.570. The Morgan fingerprint density at radius 3 is 1.88 bits per heavy atom. The van der Waals surface area contributed by atoms with E-state index in [2.05, 4.69) is 76.0 Å². The molecule has 1 fully saturated rings. The molecule has 5 rings (SSSR count). The highest BCUT2D eigenvalue weighted by Crippen LogP contribution is 2.29. The standard InChI is InChI=1S/C28H29N5O/c1-31-25(22-11-5-2-6-12-22)21-26(30-31)29-28(34)33-19-17-32(18-20-33)27(23-13-7-3-8-14-23)24-15-9-4-10-16-24/h2-16,21,27H,17-20H2,1H3,(H,29,30,34). The maximum Gasteiger partial charge on any atom is 0.323 e. The molecular weight excluding hydrogens is 422 g/mol. The molecule has 2 heterocycles. The van der Waals surface area contributed by atoms with Gasteiger partial charge in [0.2, 0.25) is 0 Å². The first-order valence-electron chi connectivity index (χ1n) is 11.7. The largest absolute Gasteiger partial charge is 0.323 e. The number of benzene rings is 3. The number of rotatable bonds is 5. The van der Waals surface area contributed by atoms with Crippen LogP contribution in [0.2, 0.25) is 0 Å². The van der Waals surface area contributed by atoms with Gasteiger partial charge in [0, 0.05) is 39.3 Å². The van der Waals surface area contributed by atoms with Crippen LogP contribution in [0.5, 0.6) is 0 Å². The van der Waals surface area contributed by atoms with Gasteiger partial charge in [0.15, 0.2) is 5.82 Å². The van der Waals surface area contributed by atoms with E-state index in [1.54, 1.807) is 4.68 Å². The van der Waals surface area contributed by atoms with E-state index >= 15 is 0 Å². The third-order valence-corrected chi connectivity index (χ3v) is 6.38. The van der Waals surface area contributed by atoms with Crippen LogP contribution in [0, 0.1) is 0 Å². The Kier molecular flexibility index (Phi) is 6.40.